The number of aryl methyl sites for hydroxylation is 2. The molecule has 2 rings (SSSR count). The Bertz CT molecular complexity index is 842. The van der Waals surface area contributed by atoms with E-state index < -0.39 is 5.97 Å². The summed E-state index contributed by atoms with van der Waals surface area (Å²) in [5, 5.41) is 14.6. The first-order chi connectivity index (χ1) is 12.8. The molecule has 6 nitrogen and oxygen atoms in total. The summed E-state index contributed by atoms with van der Waals surface area (Å²) in [6, 6.07) is 11.9. The molecule has 2 aromatic carbocycles. The summed E-state index contributed by atoms with van der Waals surface area (Å²) in [4.78, 5) is 34.9. The third-order valence-electron chi connectivity index (χ3n) is 4.15. The number of carboxylic acid groups (broad SMARTS) is 1. The minimum atomic E-state index is -0.973. The first kappa shape index (κ1) is 20.2. The highest BCUT2D eigenvalue weighted by atomic mass is 16.4. The average molecular weight is 368 g/mol. The van der Waals surface area contributed by atoms with Crippen LogP contribution in [0.15, 0.2) is 42.5 Å². The molecule has 3 N–H and O–H groups in total. The Morgan fingerprint density at radius 2 is 1.67 bits per heavy atom. The lowest BCUT2D eigenvalue weighted by atomic mass is 10.1. The lowest BCUT2D eigenvalue weighted by molar-refractivity contribution is -0.119. The molecule has 0 radical (unpaired) electrons. The van der Waals surface area contributed by atoms with E-state index in [2.05, 4.69) is 10.6 Å². The summed E-state index contributed by atoms with van der Waals surface area (Å²) in [5.41, 5.74) is 3.31. The maximum Gasteiger partial charge on any atom is 0.335 e. The highest BCUT2D eigenvalue weighted by molar-refractivity contribution is 5.95. The van der Waals surface area contributed by atoms with E-state index in [-0.39, 0.29) is 29.7 Å². The number of nitrogens with one attached hydrogen (secondary N) is 2. The zero-order chi connectivity index (χ0) is 20.0. The predicted molar refractivity (Wildman–Crippen MR) is 105 cm³/mol. The second kappa shape index (κ2) is 8.98. The van der Waals surface area contributed by atoms with Gasteiger partial charge in [-0.1, -0.05) is 32.0 Å². The summed E-state index contributed by atoms with van der Waals surface area (Å²) in [5.74, 6) is -1.33. The minimum absolute atomic E-state index is 0.0825. The molecule has 2 aromatic rings. The predicted octanol–water partition coefficient (Wildman–Crippen LogP) is 3.86. The number of carbonyl (C=O) groups is 3. The third-order valence-corrected chi connectivity index (χ3v) is 4.15. The van der Waals surface area contributed by atoms with Crippen LogP contribution in [0.25, 0.3) is 0 Å². The van der Waals surface area contributed by atoms with Crippen molar-refractivity contribution in [3.63, 3.8) is 0 Å². The van der Waals surface area contributed by atoms with Gasteiger partial charge in [-0.05, 0) is 48.7 Å². The molecule has 0 aliphatic carbocycles. The van der Waals surface area contributed by atoms with Gasteiger partial charge >= 0.3 is 5.97 Å². The van der Waals surface area contributed by atoms with Crippen LogP contribution in [-0.4, -0.2) is 22.9 Å². The molecule has 0 saturated carbocycles. The molecule has 0 unspecified atom stereocenters. The maximum atomic E-state index is 12.3. The molecule has 0 atom stereocenters. The standard InChI is InChI=1S/C21H24N2O4/c1-13(2)20(25)22-17-10-4-14(3)18(12-17)23-19(24)11-7-15-5-8-16(9-6-15)21(26)27/h4-6,8-10,12-13H,7,11H2,1-3H3,(H,22,25)(H,23,24)(H,26,27). The molecule has 0 fully saturated rings. The zero-order valence-electron chi connectivity index (χ0n) is 15.7. The molecule has 27 heavy (non-hydrogen) atoms. The number of carbonyl (C=O) groups excluding carboxylic acids is 2. The Morgan fingerprint density at radius 1 is 1.00 bits per heavy atom. The Morgan fingerprint density at radius 3 is 2.26 bits per heavy atom. The van der Waals surface area contributed by atoms with Crippen LogP contribution in [0, 0.1) is 12.8 Å². The topological polar surface area (TPSA) is 95.5 Å². The molecule has 0 saturated heterocycles. The third kappa shape index (κ3) is 5.95. The van der Waals surface area contributed by atoms with Crippen molar-refractivity contribution in [2.45, 2.75) is 33.6 Å². The quantitative estimate of drug-likeness (QED) is 0.691. The lowest BCUT2D eigenvalue weighted by Crippen LogP contribution is -2.18. The Hall–Kier alpha value is -3.15. The van der Waals surface area contributed by atoms with Gasteiger partial charge in [0.05, 0.1) is 5.56 Å². The van der Waals surface area contributed by atoms with Gasteiger partial charge in [0, 0.05) is 23.7 Å². The van der Waals surface area contributed by atoms with Crippen LogP contribution >= 0.6 is 0 Å². The molecule has 0 spiro atoms. The van der Waals surface area contributed by atoms with Crippen LogP contribution in [-0.2, 0) is 16.0 Å². The van der Waals surface area contributed by atoms with Gasteiger partial charge in [0.1, 0.15) is 0 Å². The number of anilines is 2. The first-order valence-electron chi connectivity index (χ1n) is 8.80. The van der Waals surface area contributed by atoms with Crippen LogP contribution < -0.4 is 10.6 Å². The van der Waals surface area contributed by atoms with E-state index in [1.54, 1.807) is 24.3 Å². The second-order valence-corrected chi connectivity index (χ2v) is 6.72. The lowest BCUT2D eigenvalue weighted by Gasteiger charge is -2.12. The Balaban J connectivity index is 1.96. The Kier molecular flexibility index (Phi) is 6.71. The van der Waals surface area contributed by atoms with Crippen molar-refractivity contribution in [3.05, 3.63) is 59.2 Å². The number of carboxylic acids is 1. The Labute approximate surface area is 158 Å². The van der Waals surface area contributed by atoms with Gasteiger partial charge in [0.2, 0.25) is 11.8 Å². The zero-order valence-corrected chi connectivity index (χ0v) is 15.7. The van der Waals surface area contributed by atoms with Gasteiger partial charge in [-0.2, -0.15) is 0 Å². The number of benzene rings is 2. The van der Waals surface area contributed by atoms with E-state index >= 15 is 0 Å². The maximum absolute atomic E-state index is 12.3. The molecule has 0 aromatic heterocycles. The summed E-state index contributed by atoms with van der Waals surface area (Å²) in [7, 11) is 0. The van der Waals surface area contributed by atoms with Crippen molar-refractivity contribution < 1.29 is 19.5 Å². The van der Waals surface area contributed by atoms with Crippen LogP contribution in [0.1, 0.15) is 41.8 Å². The number of amides is 2. The van der Waals surface area contributed by atoms with Crippen molar-refractivity contribution in [2.24, 2.45) is 5.92 Å². The molecule has 0 bridgehead atoms. The molecule has 142 valence electrons. The van der Waals surface area contributed by atoms with Crippen LogP contribution in [0.2, 0.25) is 0 Å². The molecule has 0 aliphatic rings. The van der Waals surface area contributed by atoms with Crippen molar-refractivity contribution in [3.8, 4) is 0 Å². The molecule has 0 heterocycles. The average Bonchev–Trinajstić information content (AvgIpc) is 2.63. The molecular formula is C21H24N2O4. The van der Waals surface area contributed by atoms with Crippen molar-refractivity contribution in [1.29, 1.82) is 0 Å². The summed E-state index contributed by atoms with van der Waals surface area (Å²) in [6.07, 6.45) is 0.781. The van der Waals surface area contributed by atoms with Gasteiger partial charge in [0.15, 0.2) is 0 Å². The number of hydrogen-bond donors (Lipinski definition) is 3. The van der Waals surface area contributed by atoms with E-state index in [4.69, 9.17) is 5.11 Å². The first-order valence-corrected chi connectivity index (χ1v) is 8.80. The van der Waals surface area contributed by atoms with Crippen molar-refractivity contribution >= 4 is 29.2 Å². The fourth-order valence-electron chi connectivity index (χ4n) is 2.41. The van der Waals surface area contributed by atoms with Crippen LogP contribution in [0.3, 0.4) is 0 Å². The van der Waals surface area contributed by atoms with E-state index in [0.29, 0.717) is 17.8 Å². The van der Waals surface area contributed by atoms with Crippen molar-refractivity contribution in [2.75, 3.05) is 10.6 Å². The van der Waals surface area contributed by atoms with E-state index in [1.165, 1.54) is 12.1 Å². The molecule has 6 heteroatoms. The van der Waals surface area contributed by atoms with Gasteiger partial charge < -0.3 is 15.7 Å². The van der Waals surface area contributed by atoms with E-state index in [9.17, 15) is 14.4 Å². The minimum Gasteiger partial charge on any atom is -0.478 e. The second-order valence-electron chi connectivity index (χ2n) is 6.72. The highest BCUT2D eigenvalue weighted by Gasteiger charge is 2.10. The van der Waals surface area contributed by atoms with Gasteiger partial charge in [-0.15, -0.1) is 0 Å². The fourth-order valence-corrected chi connectivity index (χ4v) is 2.41. The highest BCUT2D eigenvalue weighted by Crippen LogP contribution is 2.21. The fraction of sp³-hybridized carbons (Fsp3) is 0.286. The van der Waals surface area contributed by atoms with Gasteiger partial charge in [0.25, 0.3) is 0 Å². The summed E-state index contributed by atoms with van der Waals surface area (Å²) in [6.45, 7) is 5.51. The molecule has 2 amide bonds. The monoisotopic (exact) mass is 368 g/mol. The number of rotatable bonds is 7. The molecular weight excluding hydrogens is 344 g/mol. The summed E-state index contributed by atoms with van der Waals surface area (Å²) < 4.78 is 0. The smallest absolute Gasteiger partial charge is 0.335 e. The normalized spacial score (nSPS) is 10.5. The van der Waals surface area contributed by atoms with E-state index in [0.717, 1.165) is 11.1 Å². The van der Waals surface area contributed by atoms with Gasteiger partial charge in [-0.25, -0.2) is 4.79 Å². The van der Waals surface area contributed by atoms with Crippen LogP contribution in [0.5, 0.6) is 0 Å². The SMILES string of the molecule is Cc1ccc(NC(=O)C(C)C)cc1NC(=O)CCc1ccc(C(=O)O)cc1. The van der Waals surface area contributed by atoms with Crippen LogP contribution in [0.4, 0.5) is 11.4 Å². The molecule has 0 aliphatic heterocycles. The largest absolute Gasteiger partial charge is 0.478 e. The number of aromatic carboxylic acids is 1. The summed E-state index contributed by atoms with van der Waals surface area (Å²) >= 11 is 0. The van der Waals surface area contributed by atoms with Crippen molar-refractivity contribution in [1.82, 2.24) is 0 Å². The van der Waals surface area contributed by atoms with E-state index in [1.807, 2.05) is 26.8 Å². The number of hydrogen-bond acceptors (Lipinski definition) is 3. The van der Waals surface area contributed by atoms with Gasteiger partial charge in [-0.3, -0.25) is 9.59 Å².